The van der Waals surface area contributed by atoms with E-state index in [2.05, 4.69) is 44.3 Å². The van der Waals surface area contributed by atoms with Crippen molar-refractivity contribution < 1.29 is 13.2 Å². The average molecular weight is 589 g/mol. The molecule has 1 aromatic carbocycles. The van der Waals surface area contributed by atoms with Gasteiger partial charge in [0.2, 0.25) is 5.75 Å². The van der Waals surface area contributed by atoms with Crippen LogP contribution in [0.15, 0.2) is 45.3 Å². The lowest BCUT2D eigenvalue weighted by molar-refractivity contribution is 0.228. The van der Waals surface area contributed by atoms with Crippen molar-refractivity contribution in [3.05, 3.63) is 36.0 Å². The van der Waals surface area contributed by atoms with E-state index in [0.29, 0.717) is 33.3 Å². The van der Waals surface area contributed by atoms with Gasteiger partial charge in [0.15, 0.2) is 32.4 Å². The van der Waals surface area contributed by atoms with Gasteiger partial charge in [0.1, 0.15) is 0 Å². The Morgan fingerprint density at radius 3 is 2.33 bits per heavy atom. The Bertz CT molecular complexity index is 1390. The summed E-state index contributed by atoms with van der Waals surface area (Å²) in [6, 6.07) is 8.78. The lowest BCUT2D eigenvalue weighted by atomic mass is 10.3. The van der Waals surface area contributed by atoms with Gasteiger partial charge >= 0.3 is 0 Å². The minimum Gasteiger partial charge on any atom is -0.490 e. The van der Waals surface area contributed by atoms with Gasteiger partial charge in [0.05, 0.1) is 16.8 Å². The van der Waals surface area contributed by atoms with Gasteiger partial charge in [-0.1, -0.05) is 0 Å². The first-order valence-corrected chi connectivity index (χ1v) is 15.6. The summed E-state index contributed by atoms with van der Waals surface area (Å²) in [5, 5.41) is 11.0. The van der Waals surface area contributed by atoms with E-state index in [1.807, 2.05) is 13.0 Å². The Balaban J connectivity index is 1.63. The second-order valence-corrected chi connectivity index (χ2v) is 14.8. The molecular weight excluding hydrogens is 548 g/mol. The fourth-order valence-corrected chi connectivity index (χ4v) is 6.18. The Morgan fingerprint density at radius 1 is 1.10 bits per heavy atom. The second kappa shape index (κ2) is 12.3. The average Bonchev–Trinajstić information content (AvgIpc) is 3.31. The minimum absolute atomic E-state index is 0.295. The zero-order valence-corrected chi connectivity index (χ0v) is 26.0. The number of benzene rings is 1. The van der Waals surface area contributed by atoms with Crippen molar-refractivity contribution in [2.24, 2.45) is 0 Å². The van der Waals surface area contributed by atoms with Crippen molar-refractivity contribution in [1.82, 2.24) is 30.0 Å². The summed E-state index contributed by atoms with van der Waals surface area (Å²) in [6.07, 6.45) is 0. The highest BCUT2D eigenvalue weighted by molar-refractivity contribution is 7.99. The first-order valence-electron chi connectivity index (χ1n) is 13.3. The van der Waals surface area contributed by atoms with Gasteiger partial charge in [-0.15, -0.1) is 0 Å². The maximum Gasteiger partial charge on any atom is 0.204 e. The number of sulfone groups is 1. The molecular formula is C27H40N8O3S2. The Kier molecular flexibility index (Phi) is 9.28. The molecule has 0 spiro atoms. The molecule has 3 heterocycles. The smallest absolute Gasteiger partial charge is 0.204 e. The SMILES string of the molecule is COc1c(Nc2cc(C)[nH]n2)nc(Sc2ccc(S(=O)(=O)C(C)(C)C)cc2)nc1N1CCN(CCN(C)C)CC1. The number of nitrogens with one attached hydrogen (secondary N) is 2. The van der Waals surface area contributed by atoms with E-state index in [9.17, 15) is 8.42 Å². The molecule has 1 saturated heterocycles. The number of likely N-dealkylation sites (N-methyl/N-ethyl adjacent to an activating group) is 1. The zero-order chi connectivity index (χ0) is 29.1. The predicted octanol–water partition coefficient (Wildman–Crippen LogP) is 3.67. The van der Waals surface area contributed by atoms with Crippen LogP contribution < -0.4 is 15.0 Å². The molecule has 0 atom stereocenters. The lowest BCUT2D eigenvalue weighted by Crippen LogP contribution is -2.48. The monoisotopic (exact) mass is 588 g/mol. The van der Waals surface area contributed by atoms with Crippen molar-refractivity contribution >= 4 is 39.1 Å². The van der Waals surface area contributed by atoms with E-state index in [0.717, 1.165) is 49.9 Å². The number of methoxy groups -OCH3 is 1. The Hall–Kier alpha value is -2.87. The van der Waals surface area contributed by atoms with E-state index in [4.69, 9.17) is 14.7 Å². The van der Waals surface area contributed by atoms with Crippen molar-refractivity contribution in [1.29, 1.82) is 0 Å². The number of aryl methyl sites for hydroxylation is 1. The largest absolute Gasteiger partial charge is 0.490 e. The number of piperazine rings is 1. The number of hydrogen-bond acceptors (Lipinski definition) is 11. The normalized spacial score (nSPS) is 15.1. The van der Waals surface area contributed by atoms with E-state index in [1.54, 1.807) is 52.1 Å². The number of nitrogens with zero attached hydrogens (tertiary/aromatic N) is 6. The van der Waals surface area contributed by atoms with Gasteiger partial charge in [0, 0.05) is 55.9 Å². The van der Waals surface area contributed by atoms with Crippen LogP contribution in [0, 0.1) is 6.92 Å². The van der Waals surface area contributed by atoms with Gasteiger partial charge in [-0.3, -0.25) is 10.00 Å². The van der Waals surface area contributed by atoms with Gasteiger partial charge in [-0.25, -0.2) is 18.4 Å². The van der Waals surface area contributed by atoms with Crippen LogP contribution in [0.5, 0.6) is 5.75 Å². The lowest BCUT2D eigenvalue weighted by Gasteiger charge is -2.36. The number of aromatic nitrogens is 4. The molecule has 0 unspecified atom stereocenters. The van der Waals surface area contributed by atoms with Crippen molar-refractivity contribution in [3.63, 3.8) is 0 Å². The number of H-pyrrole nitrogens is 1. The van der Waals surface area contributed by atoms with Crippen LogP contribution in [-0.2, 0) is 9.84 Å². The maximum absolute atomic E-state index is 12.9. The third-order valence-corrected chi connectivity index (χ3v) is 10.0. The van der Waals surface area contributed by atoms with E-state index >= 15 is 0 Å². The van der Waals surface area contributed by atoms with Crippen LogP contribution in [0.4, 0.5) is 17.5 Å². The van der Waals surface area contributed by atoms with Crippen LogP contribution in [0.25, 0.3) is 0 Å². The maximum atomic E-state index is 12.9. The van der Waals surface area contributed by atoms with E-state index in [-0.39, 0.29) is 0 Å². The quantitative estimate of drug-likeness (QED) is 0.338. The molecule has 40 heavy (non-hydrogen) atoms. The molecule has 3 aromatic rings. The summed E-state index contributed by atoms with van der Waals surface area (Å²) in [6.45, 7) is 12.6. The van der Waals surface area contributed by atoms with Gasteiger partial charge in [0.25, 0.3) is 0 Å². The molecule has 0 saturated carbocycles. The third kappa shape index (κ3) is 7.06. The third-order valence-electron chi connectivity index (χ3n) is 6.67. The summed E-state index contributed by atoms with van der Waals surface area (Å²) in [5.74, 6) is 2.41. The molecule has 0 bridgehead atoms. The second-order valence-electron chi connectivity index (χ2n) is 11.1. The minimum atomic E-state index is -3.44. The van der Waals surface area contributed by atoms with Crippen LogP contribution in [0.3, 0.4) is 0 Å². The van der Waals surface area contributed by atoms with Gasteiger partial charge in [-0.2, -0.15) is 5.10 Å². The topological polar surface area (TPSA) is 120 Å². The Labute approximate surface area is 241 Å². The van der Waals surface area contributed by atoms with Gasteiger partial charge in [-0.05, 0) is 77.8 Å². The fourth-order valence-electron chi connectivity index (χ4n) is 4.23. The van der Waals surface area contributed by atoms with Gasteiger partial charge < -0.3 is 19.9 Å². The molecule has 2 N–H and O–H groups in total. The highest BCUT2D eigenvalue weighted by atomic mass is 32.2. The van der Waals surface area contributed by atoms with Crippen LogP contribution >= 0.6 is 11.8 Å². The molecule has 0 radical (unpaired) electrons. The van der Waals surface area contributed by atoms with Crippen molar-refractivity contribution in [2.45, 2.75) is 47.4 Å². The molecule has 1 fully saturated rings. The number of ether oxygens (including phenoxy) is 1. The molecule has 218 valence electrons. The number of rotatable bonds is 10. The highest BCUT2D eigenvalue weighted by Crippen LogP contribution is 2.38. The molecule has 1 aliphatic heterocycles. The molecule has 13 heteroatoms. The van der Waals surface area contributed by atoms with Crippen molar-refractivity contribution in [3.8, 4) is 5.75 Å². The molecule has 1 aliphatic rings. The molecule has 11 nitrogen and oxygen atoms in total. The first kappa shape index (κ1) is 30.1. The van der Waals surface area contributed by atoms with E-state index in [1.165, 1.54) is 11.8 Å². The highest BCUT2D eigenvalue weighted by Gasteiger charge is 2.31. The molecule has 0 aliphatic carbocycles. The first-order chi connectivity index (χ1) is 18.9. The summed E-state index contributed by atoms with van der Waals surface area (Å²) in [7, 11) is 2.37. The fraction of sp³-hybridized carbons (Fsp3) is 0.519. The summed E-state index contributed by atoms with van der Waals surface area (Å²) in [4.78, 5) is 17.7. The zero-order valence-electron chi connectivity index (χ0n) is 24.4. The predicted molar refractivity (Wildman–Crippen MR) is 160 cm³/mol. The van der Waals surface area contributed by atoms with Crippen LogP contribution in [0.1, 0.15) is 26.5 Å². The van der Waals surface area contributed by atoms with E-state index < -0.39 is 14.6 Å². The number of anilines is 3. The van der Waals surface area contributed by atoms with Crippen LogP contribution in [0.2, 0.25) is 0 Å². The van der Waals surface area contributed by atoms with Crippen molar-refractivity contribution in [2.75, 3.05) is 70.7 Å². The van der Waals surface area contributed by atoms with Crippen LogP contribution in [-0.4, -0.2) is 104 Å². The summed E-state index contributed by atoms with van der Waals surface area (Å²) >= 11 is 1.37. The Morgan fingerprint density at radius 2 is 1.77 bits per heavy atom. The molecule has 2 aromatic heterocycles. The summed E-state index contributed by atoms with van der Waals surface area (Å²) < 4.78 is 30.7. The summed E-state index contributed by atoms with van der Waals surface area (Å²) in [5.41, 5.74) is 0.921. The molecule has 4 rings (SSSR count). The number of aromatic amines is 1. The standard InChI is InChI=1S/C27H40N8O3S2/c1-19-18-22(32-31-19)28-24-23(38-7)25(35-16-14-34(15-17-35)13-12-33(5)6)30-26(29-24)39-20-8-10-21(11-9-20)40(36,37)27(2,3)4/h8-11,18H,12-17H2,1-7H3,(H2,28,29,30,31,32). The molecule has 0 amide bonds. The number of hydrogen-bond donors (Lipinski definition) is 2.